The van der Waals surface area contributed by atoms with Crippen LogP contribution in [0.25, 0.3) is 11.1 Å². The Kier molecular flexibility index (Phi) is 8.20. The maximum atomic E-state index is 12.2. The average Bonchev–Trinajstić information content (AvgIpc) is 3.62. The number of nitrogens with one attached hydrogen (secondary N) is 1. The second kappa shape index (κ2) is 11.4. The molecule has 3 N–H and O–H groups in total. The fourth-order valence-corrected chi connectivity index (χ4v) is 9.01. The Morgan fingerprint density at radius 2 is 1.93 bits per heavy atom. The van der Waals surface area contributed by atoms with Gasteiger partial charge in [0, 0.05) is 29.3 Å². The van der Waals surface area contributed by atoms with Crippen molar-refractivity contribution in [3.63, 3.8) is 0 Å². The number of rotatable bonds is 10. The van der Waals surface area contributed by atoms with Crippen LogP contribution >= 0.6 is 0 Å². The number of hydrogen-bond acceptors (Lipinski definition) is 9. The van der Waals surface area contributed by atoms with E-state index in [1.54, 1.807) is 32.2 Å². The van der Waals surface area contributed by atoms with Gasteiger partial charge in [-0.25, -0.2) is 8.42 Å². The van der Waals surface area contributed by atoms with Crippen LogP contribution < -0.4 is 10.1 Å². The number of hydrogen-bond donors (Lipinski definition) is 3. The molecule has 3 unspecified atom stereocenters. The van der Waals surface area contributed by atoms with E-state index in [9.17, 15) is 18.6 Å². The van der Waals surface area contributed by atoms with Crippen molar-refractivity contribution < 1.29 is 32.9 Å². The summed E-state index contributed by atoms with van der Waals surface area (Å²) in [4.78, 5) is 6.54. The lowest BCUT2D eigenvalue weighted by Gasteiger charge is -2.62. The van der Waals surface area contributed by atoms with Crippen molar-refractivity contribution in [2.24, 2.45) is 29.1 Å². The highest BCUT2D eigenvalue weighted by Gasteiger charge is 2.61. The van der Waals surface area contributed by atoms with Gasteiger partial charge in [0.15, 0.2) is 9.84 Å². The third-order valence-electron chi connectivity index (χ3n) is 11.0. The maximum absolute atomic E-state index is 12.2. The number of benzene rings is 2. The molecule has 2 aromatic rings. The van der Waals surface area contributed by atoms with Gasteiger partial charge in [0.2, 0.25) is 0 Å². The lowest BCUT2D eigenvalue weighted by atomic mass is 9.45. The summed E-state index contributed by atoms with van der Waals surface area (Å²) in [5, 5.41) is 26.7. The molecule has 2 aliphatic heterocycles. The molecule has 0 radical (unpaired) electrons. The smallest absolute Gasteiger partial charge is 0.175 e. The van der Waals surface area contributed by atoms with E-state index in [0.717, 1.165) is 29.0 Å². The highest BCUT2D eigenvalue weighted by Crippen LogP contribution is 2.61. The lowest BCUT2D eigenvalue weighted by Crippen LogP contribution is -2.60. The van der Waals surface area contributed by atoms with Crippen molar-refractivity contribution in [3.8, 4) is 16.9 Å². The summed E-state index contributed by atoms with van der Waals surface area (Å²) in [7, 11) is -1.78. The van der Waals surface area contributed by atoms with Gasteiger partial charge in [0.05, 0.1) is 37.3 Å². The molecule has 43 heavy (non-hydrogen) atoms. The third kappa shape index (κ3) is 5.54. The second-order valence-electron chi connectivity index (χ2n) is 13.8. The van der Waals surface area contributed by atoms with E-state index in [-0.39, 0.29) is 35.8 Å². The average molecular weight is 615 g/mol. The number of ether oxygens (including phenoxy) is 2. The van der Waals surface area contributed by atoms with E-state index >= 15 is 0 Å². The highest BCUT2D eigenvalue weighted by molar-refractivity contribution is 7.90. The van der Waals surface area contributed by atoms with Crippen LogP contribution in [0.15, 0.2) is 47.4 Å². The van der Waals surface area contributed by atoms with Crippen LogP contribution in [-0.2, 0) is 26.0 Å². The molecule has 2 heterocycles. The largest absolute Gasteiger partial charge is 0.496 e. The van der Waals surface area contributed by atoms with Gasteiger partial charge in [-0.15, -0.1) is 0 Å². The molecule has 5 aliphatic rings. The van der Waals surface area contributed by atoms with Crippen molar-refractivity contribution >= 4 is 9.84 Å². The molecule has 10 atom stereocenters. The molecular weight excluding hydrogens is 568 g/mol. The minimum atomic E-state index is -3.38. The van der Waals surface area contributed by atoms with Crippen LogP contribution in [0.2, 0.25) is 0 Å². The van der Waals surface area contributed by atoms with Crippen molar-refractivity contribution in [3.05, 3.63) is 48.0 Å². The molecule has 3 saturated carbocycles. The predicted molar refractivity (Wildman–Crippen MR) is 163 cm³/mol. The zero-order chi connectivity index (χ0) is 30.8. The van der Waals surface area contributed by atoms with E-state index in [1.807, 2.05) is 29.3 Å². The molecule has 0 aromatic heterocycles. The van der Waals surface area contributed by atoms with Gasteiger partial charge in [-0.1, -0.05) is 51.1 Å². The molecular formula is C33H46N2O7S. The van der Waals surface area contributed by atoms with E-state index in [0.29, 0.717) is 35.6 Å². The minimum Gasteiger partial charge on any atom is -0.496 e. The summed E-state index contributed by atoms with van der Waals surface area (Å²) in [5.74, 6) is 2.27. The van der Waals surface area contributed by atoms with Crippen LogP contribution in [0.3, 0.4) is 0 Å². The Labute approximate surface area is 255 Å². The number of epoxide rings is 1. The summed E-state index contributed by atoms with van der Waals surface area (Å²) in [6.45, 7) is 9.01. The molecule has 0 amide bonds. The van der Waals surface area contributed by atoms with Gasteiger partial charge in [0.25, 0.3) is 0 Å². The molecule has 7 rings (SSSR count). The first-order chi connectivity index (χ1) is 20.3. The summed E-state index contributed by atoms with van der Waals surface area (Å²) >= 11 is 0. The number of aliphatic hydroxyl groups is 2. The first-order valence-corrected chi connectivity index (χ1v) is 17.3. The standard InChI is InChI=1S/C33H46N2O7S/c1-18-25-14-22(33(25,3)4)15-26(18)34-32-31(41-32)29-28(19(2)37)27(17-36)42-35(29)16-21-10-8-12-24(30(21)40-5)20-9-7-11-23(13-20)43(6,38)39/h7-13,18-19,22,25-29,31-32,34,36-37H,14-17H2,1-6H3/t18-,19-,22+,25-,26-,27-,28?,29-,31?,32?/m0/s1. The topological polar surface area (TPSA) is 121 Å². The number of sulfone groups is 1. The molecule has 9 nitrogen and oxygen atoms in total. The normalized spacial score (nSPS) is 35.8. The van der Waals surface area contributed by atoms with E-state index < -0.39 is 22.0 Å². The quantitative estimate of drug-likeness (QED) is 0.345. The van der Waals surface area contributed by atoms with E-state index in [2.05, 4.69) is 26.1 Å². The van der Waals surface area contributed by atoms with Gasteiger partial charge in [-0.05, 0) is 60.6 Å². The fraction of sp³-hybridized carbons (Fsp3) is 0.636. The van der Waals surface area contributed by atoms with Gasteiger partial charge < -0.3 is 19.7 Å². The van der Waals surface area contributed by atoms with Crippen LogP contribution in [0.5, 0.6) is 5.75 Å². The number of methoxy groups -OCH3 is 1. The molecule has 2 bridgehead atoms. The molecule has 10 heteroatoms. The fourth-order valence-electron chi connectivity index (χ4n) is 8.34. The third-order valence-corrected chi connectivity index (χ3v) is 12.1. The number of aliphatic hydroxyl groups excluding tert-OH is 2. The number of nitrogens with zero attached hydrogens (tertiary/aromatic N) is 1. The Morgan fingerprint density at radius 1 is 1.19 bits per heavy atom. The minimum absolute atomic E-state index is 0.144. The summed E-state index contributed by atoms with van der Waals surface area (Å²) < 4.78 is 36.6. The summed E-state index contributed by atoms with van der Waals surface area (Å²) in [6, 6.07) is 12.7. The number of hydroxylamine groups is 2. The van der Waals surface area contributed by atoms with Crippen molar-refractivity contribution in [2.75, 3.05) is 20.0 Å². The molecule has 2 saturated heterocycles. The molecule has 2 aromatic carbocycles. The Morgan fingerprint density at radius 3 is 2.56 bits per heavy atom. The first-order valence-electron chi connectivity index (χ1n) is 15.4. The monoisotopic (exact) mass is 614 g/mol. The number of para-hydroxylation sites is 1. The van der Waals surface area contributed by atoms with Gasteiger partial charge in [0.1, 0.15) is 24.2 Å². The molecule has 5 fully saturated rings. The maximum Gasteiger partial charge on any atom is 0.175 e. The summed E-state index contributed by atoms with van der Waals surface area (Å²) in [6.07, 6.45) is 2.02. The SMILES string of the molecule is COc1c(CN2O[C@@H](CO)C([C@H](C)O)[C@H]2C2OC2N[C@H]2C[C@H]3C[C@@H]([C@@H]2C)C3(C)C)cccc1-c1cccc(S(C)(=O)=O)c1. The van der Waals surface area contributed by atoms with Gasteiger partial charge in [-0.3, -0.25) is 10.2 Å². The number of fused-ring (bicyclic) bond motifs is 2. The zero-order valence-electron chi connectivity index (χ0n) is 25.9. The first kappa shape index (κ1) is 31.0. The molecule has 0 spiro atoms. The van der Waals surface area contributed by atoms with Crippen molar-refractivity contribution in [1.29, 1.82) is 0 Å². The van der Waals surface area contributed by atoms with Crippen LogP contribution in [0.1, 0.15) is 46.1 Å². The molecule has 236 valence electrons. The second-order valence-corrected chi connectivity index (χ2v) is 15.8. The van der Waals surface area contributed by atoms with Gasteiger partial charge in [-0.2, -0.15) is 5.06 Å². The molecule has 3 aliphatic carbocycles. The van der Waals surface area contributed by atoms with Crippen molar-refractivity contribution in [2.45, 2.75) is 88.6 Å². The highest BCUT2D eigenvalue weighted by atomic mass is 32.2. The van der Waals surface area contributed by atoms with Gasteiger partial charge >= 0.3 is 0 Å². The Hall–Kier alpha value is -2.05. The lowest BCUT2D eigenvalue weighted by molar-refractivity contribution is -0.180. The van der Waals surface area contributed by atoms with E-state index in [1.165, 1.54) is 12.7 Å². The van der Waals surface area contributed by atoms with Crippen LogP contribution in [-0.4, -0.2) is 80.3 Å². The Balaban J connectivity index is 1.25. The van der Waals surface area contributed by atoms with Crippen molar-refractivity contribution in [1.82, 2.24) is 10.4 Å². The predicted octanol–water partition coefficient (Wildman–Crippen LogP) is 3.62. The van der Waals surface area contributed by atoms with Crippen LogP contribution in [0, 0.1) is 29.1 Å². The summed E-state index contributed by atoms with van der Waals surface area (Å²) in [5.41, 5.74) is 2.74. The van der Waals surface area contributed by atoms with Crippen LogP contribution in [0.4, 0.5) is 0 Å². The Bertz CT molecular complexity index is 1450. The zero-order valence-corrected chi connectivity index (χ0v) is 26.8. The van der Waals surface area contributed by atoms with E-state index in [4.69, 9.17) is 14.3 Å².